The number of rotatable bonds is 2. The largest absolute Gasteiger partial charge is 0.307 e. The van der Waals surface area contributed by atoms with E-state index in [4.69, 9.17) is 0 Å². The van der Waals surface area contributed by atoms with Crippen LogP contribution in [0.3, 0.4) is 0 Å². The van der Waals surface area contributed by atoms with Gasteiger partial charge in [0.2, 0.25) is 0 Å². The summed E-state index contributed by atoms with van der Waals surface area (Å²) in [4.78, 5) is 0. The van der Waals surface area contributed by atoms with Crippen LogP contribution >= 0.6 is 0 Å². The van der Waals surface area contributed by atoms with Crippen LogP contribution in [-0.2, 0) is 9.84 Å². The Hall–Kier alpha value is -0.350. The summed E-state index contributed by atoms with van der Waals surface area (Å²) < 4.78 is 22.4. The molecule has 3 nitrogen and oxygen atoms in total. The van der Waals surface area contributed by atoms with Gasteiger partial charge in [-0.3, -0.25) is 0 Å². The van der Waals surface area contributed by atoms with Crippen molar-refractivity contribution in [1.29, 1.82) is 0 Å². The van der Waals surface area contributed by atoms with Gasteiger partial charge in [0.15, 0.2) is 9.84 Å². The van der Waals surface area contributed by atoms with Gasteiger partial charge < -0.3 is 5.32 Å². The molecule has 4 heteroatoms. The van der Waals surface area contributed by atoms with Crippen LogP contribution in [0.5, 0.6) is 0 Å². The molecule has 14 heavy (non-hydrogen) atoms. The van der Waals surface area contributed by atoms with Crippen LogP contribution < -0.4 is 5.32 Å². The number of sulfone groups is 1. The predicted molar refractivity (Wildman–Crippen MR) is 57.0 cm³/mol. The Morgan fingerprint density at radius 3 is 2.71 bits per heavy atom. The first kappa shape index (κ1) is 10.2. The molecule has 1 saturated heterocycles. The number of hydrogen-bond acceptors (Lipinski definition) is 3. The molecule has 1 aliphatic carbocycles. The molecule has 0 aromatic carbocycles. The van der Waals surface area contributed by atoms with Gasteiger partial charge in [-0.2, -0.15) is 0 Å². The highest BCUT2D eigenvalue weighted by Gasteiger charge is 2.28. The van der Waals surface area contributed by atoms with Crippen LogP contribution in [0.25, 0.3) is 0 Å². The van der Waals surface area contributed by atoms with Gasteiger partial charge in [-0.05, 0) is 25.7 Å². The first-order valence-electron chi connectivity index (χ1n) is 5.29. The van der Waals surface area contributed by atoms with Crippen LogP contribution in [0.4, 0.5) is 0 Å². The molecule has 2 aliphatic rings. The fraction of sp³-hybridized carbons (Fsp3) is 0.800. The van der Waals surface area contributed by atoms with Gasteiger partial charge >= 0.3 is 0 Å². The third-order valence-electron chi connectivity index (χ3n) is 2.94. The Morgan fingerprint density at radius 1 is 1.29 bits per heavy atom. The Morgan fingerprint density at radius 2 is 2.14 bits per heavy atom. The Labute approximate surface area is 85.5 Å². The quantitative estimate of drug-likeness (QED) is 0.695. The maximum absolute atomic E-state index is 11.2. The zero-order valence-corrected chi connectivity index (χ0v) is 9.09. The molecule has 1 aliphatic heterocycles. The summed E-state index contributed by atoms with van der Waals surface area (Å²) in [6, 6.07) is 0.592. The molecule has 2 unspecified atom stereocenters. The lowest BCUT2D eigenvalue weighted by Gasteiger charge is -2.21. The Bertz CT molecular complexity index is 321. The minimum atomic E-state index is -2.73. The van der Waals surface area contributed by atoms with E-state index in [1.165, 1.54) is 12.8 Å². The molecule has 1 heterocycles. The van der Waals surface area contributed by atoms with Crippen molar-refractivity contribution in [2.45, 2.75) is 37.8 Å². The lowest BCUT2D eigenvalue weighted by Crippen LogP contribution is -2.38. The van der Waals surface area contributed by atoms with E-state index >= 15 is 0 Å². The van der Waals surface area contributed by atoms with Gasteiger partial charge in [-0.25, -0.2) is 8.42 Å². The summed E-state index contributed by atoms with van der Waals surface area (Å²) in [7, 11) is -2.73. The van der Waals surface area contributed by atoms with Gasteiger partial charge in [0.1, 0.15) is 0 Å². The highest BCUT2D eigenvalue weighted by molar-refractivity contribution is 7.91. The fourth-order valence-corrected chi connectivity index (χ4v) is 3.87. The molecule has 0 aromatic heterocycles. The molecule has 0 spiro atoms. The van der Waals surface area contributed by atoms with Crippen LogP contribution in [0.15, 0.2) is 12.2 Å². The number of nitrogens with one attached hydrogen (secondary N) is 1. The van der Waals surface area contributed by atoms with Crippen LogP contribution in [0.1, 0.15) is 25.7 Å². The maximum atomic E-state index is 11.2. The molecule has 0 radical (unpaired) electrons. The van der Waals surface area contributed by atoms with Crippen molar-refractivity contribution in [2.75, 3.05) is 11.5 Å². The SMILES string of the molecule is O=S1(=O)CCC(NC2C=CCCC2)C1. The van der Waals surface area contributed by atoms with Crippen molar-refractivity contribution in [3.8, 4) is 0 Å². The van der Waals surface area contributed by atoms with Crippen molar-refractivity contribution in [3.05, 3.63) is 12.2 Å². The molecule has 0 bridgehead atoms. The molecule has 1 N–H and O–H groups in total. The smallest absolute Gasteiger partial charge is 0.151 e. The third kappa shape index (κ3) is 2.58. The monoisotopic (exact) mass is 215 g/mol. The molecule has 0 saturated carbocycles. The standard InChI is InChI=1S/C10H17NO2S/c12-14(13)7-6-10(8-14)11-9-4-2-1-3-5-9/h2,4,9-11H,1,3,5-8H2. The van der Waals surface area contributed by atoms with Crippen LogP contribution in [0.2, 0.25) is 0 Å². The summed E-state index contributed by atoms with van der Waals surface area (Å²) in [5.74, 6) is 0.693. The normalized spacial score (nSPS) is 36.0. The van der Waals surface area contributed by atoms with Crippen LogP contribution in [0, 0.1) is 0 Å². The highest BCUT2D eigenvalue weighted by atomic mass is 32.2. The highest BCUT2D eigenvalue weighted by Crippen LogP contribution is 2.16. The predicted octanol–water partition coefficient (Wildman–Crippen LogP) is 0.872. The first-order valence-corrected chi connectivity index (χ1v) is 7.11. The van der Waals surface area contributed by atoms with Gasteiger partial charge in [-0.15, -0.1) is 0 Å². The van der Waals surface area contributed by atoms with E-state index < -0.39 is 9.84 Å². The second-order valence-electron chi connectivity index (χ2n) is 4.23. The van der Waals surface area contributed by atoms with Gasteiger partial charge in [0, 0.05) is 12.1 Å². The minimum Gasteiger partial charge on any atom is -0.307 e. The summed E-state index contributed by atoms with van der Waals surface area (Å²) >= 11 is 0. The molecule has 2 atom stereocenters. The first-order chi connectivity index (χ1) is 6.66. The van der Waals surface area contributed by atoms with E-state index in [-0.39, 0.29) is 6.04 Å². The molecular weight excluding hydrogens is 198 g/mol. The summed E-state index contributed by atoms with van der Waals surface area (Å²) in [6.07, 6.45) is 8.67. The molecule has 0 amide bonds. The average Bonchev–Trinajstić information content (AvgIpc) is 2.47. The third-order valence-corrected chi connectivity index (χ3v) is 4.70. The second-order valence-corrected chi connectivity index (χ2v) is 6.46. The van der Waals surface area contributed by atoms with E-state index in [2.05, 4.69) is 17.5 Å². The maximum Gasteiger partial charge on any atom is 0.151 e. The summed E-state index contributed by atoms with van der Waals surface area (Å²) in [5, 5.41) is 3.41. The molecule has 2 rings (SSSR count). The zero-order valence-electron chi connectivity index (χ0n) is 8.28. The Balaban J connectivity index is 1.87. The van der Waals surface area contributed by atoms with Crippen molar-refractivity contribution in [2.24, 2.45) is 0 Å². The van der Waals surface area contributed by atoms with Gasteiger partial charge in [-0.1, -0.05) is 12.2 Å². The molecule has 80 valence electrons. The average molecular weight is 215 g/mol. The van der Waals surface area contributed by atoms with Gasteiger partial charge in [0.25, 0.3) is 0 Å². The van der Waals surface area contributed by atoms with E-state index in [9.17, 15) is 8.42 Å². The fourth-order valence-electron chi connectivity index (χ4n) is 2.18. The number of hydrogen-bond donors (Lipinski definition) is 1. The lowest BCUT2D eigenvalue weighted by molar-refractivity contribution is 0.461. The van der Waals surface area contributed by atoms with Gasteiger partial charge in [0.05, 0.1) is 11.5 Å². The van der Waals surface area contributed by atoms with Crippen molar-refractivity contribution in [3.63, 3.8) is 0 Å². The van der Waals surface area contributed by atoms with Crippen molar-refractivity contribution >= 4 is 9.84 Å². The lowest BCUT2D eigenvalue weighted by atomic mass is 10.0. The van der Waals surface area contributed by atoms with Crippen molar-refractivity contribution < 1.29 is 8.42 Å². The zero-order chi connectivity index (χ0) is 10.0. The molecular formula is C10H17NO2S. The minimum absolute atomic E-state index is 0.188. The topological polar surface area (TPSA) is 46.2 Å². The molecule has 1 fully saturated rings. The van der Waals surface area contributed by atoms with Crippen LogP contribution in [-0.4, -0.2) is 32.0 Å². The van der Waals surface area contributed by atoms with E-state index in [1.54, 1.807) is 0 Å². The Kier molecular flexibility index (Phi) is 2.93. The molecule has 0 aromatic rings. The van der Waals surface area contributed by atoms with Crippen molar-refractivity contribution in [1.82, 2.24) is 5.32 Å². The number of allylic oxidation sites excluding steroid dienone is 1. The van der Waals surface area contributed by atoms with E-state index in [0.29, 0.717) is 17.5 Å². The summed E-state index contributed by atoms with van der Waals surface area (Å²) in [6.45, 7) is 0. The summed E-state index contributed by atoms with van der Waals surface area (Å²) in [5.41, 5.74) is 0. The van der Waals surface area contributed by atoms with E-state index in [0.717, 1.165) is 12.8 Å². The van der Waals surface area contributed by atoms with E-state index in [1.807, 2.05) is 0 Å². The second kappa shape index (κ2) is 4.03.